The molecule has 37 heavy (non-hydrogen) atoms. The monoisotopic (exact) mass is 493 g/mol. The number of anilines is 1. The van der Waals surface area contributed by atoms with Crippen LogP contribution in [0.25, 0.3) is 27.8 Å². The first-order valence-corrected chi connectivity index (χ1v) is 11.9. The Bertz CT molecular complexity index is 1610. The Kier molecular flexibility index (Phi) is 5.91. The van der Waals surface area contributed by atoms with Crippen molar-refractivity contribution in [2.45, 2.75) is 33.2 Å². The van der Waals surface area contributed by atoms with E-state index in [2.05, 4.69) is 5.10 Å². The second kappa shape index (κ2) is 9.09. The summed E-state index contributed by atoms with van der Waals surface area (Å²) in [5, 5.41) is 14.8. The quantitative estimate of drug-likeness (QED) is 0.293. The lowest BCUT2D eigenvalue weighted by Gasteiger charge is -2.37. The second-order valence-electron chi connectivity index (χ2n) is 9.98. The first-order valence-electron chi connectivity index (χ1n) is 11.9. The summed E-state index contributed by atoms with van der Waals surface area (Å²) in [6.07, 6.45) is 3.63. The van der Waals surface area contributed by atoms with Gasteiger partial charge in [-0.25, -0.2) is 9.48 Å². The summed E-state index contributed by atoms with van der Waals surface area (Å²) in [5.41, 5.74) is 4.19. The number of rotatable bonds is 5. The number of carbonyl (C=O) groups is 2. The molecule has 2 aromatic heterocycles. The van der Waals surface area contributed by atoms with Gasteiger partial charge >= 0.3 is 5.97 Å². The van der Waals surface area contributed by atoms with Crippen molar-refractivity contribution < 1.29 is 19.1 Å². The normalized spacial score (nSPS) is 11.6. The molecule has 3 aromatic carbocycles. The summed E-state index contributed by atoms with van der Waals surface area (Å²) < 4.78 is 7.64. The molecular formula is C30H27N3O4. The number of hydrogen-bond acceptors (Lipinski definition) is 4. The first kappa shape index (κ1) is 24.1. The van der Waals surface area contributed by atoms with Crippen LogP contribution in [0, 0.1) is 6.92 Å². The summed E-state index contributed by atoms with van der Waals surface area (Å²) in [6, 6.07) is 22.2. The van der Waals surface area contributed by atoms with Gasteiger partial charge in [-0.3, -0.25) is 9.69 Å². The molecule has 0 atom stereocenters. The smallest absolute Gasteiger partial charge is 0.371 e. The number of amides is 1. The molecule has 7 heteroatoms. The van der Waals surface area contributed by atoms with E-state index in [-0.39, 0.29) is 11.7 Å². The van der Waals surface area contributed by atoms with Crippen molar-refractivity contribution in [3.05, 3.63) is 102 Å². The zero-order valence-electron chi connectivity index (χ0n) is 21.1. The molecule has 186 valence electrons. The maximum absolute atomic E-state index is 14.0. The molecule has 1 N–H and O–H groups in total. The van der Waals surface area contributed by atoms with E-state index in [0.29, 0.717) is 27.8 Å². The number of hydrogen-bond donors (Lipinski definition) is 1. The van der Waals surface area contributed by atoms with E-state index < -0.39 is 11.5 Å². The van der Waals surface area contributed by atoms with Gasteiger partial charge in [-0.1, -0.05) is 48.0 Å². The summed E-state index contributed by atoms with van der Waals surface area (Å²) in [6.45, 7) is 7.84. The van der Waals surface area contributed by atoms with Gasteiger partial charge in [0.05, 0.1) is 17.6 Å². The van der Waals surface area contributed by atoms with Crippen molar-refractivity contribution >= 4 is 28.5 Å². The van der Waals surface area contributed by atoms with Crippen LogP contribution < -0.4 is 4.90 Å². The van der Waals surface area contributed by atoms with Crippen LogP contribution in [0.5, 0.6) is 0 Å². The van der Waals surface area contributed by atoms with Gasteiger partial charge < -0.3 is 9.52 Å². The molecule has 0 aliphatic rings. The number of aromatic nitrogens is 2. The lowest BCUT2D eigenvalue weighted by molar-refractivity contribution is 0.0665. The number of nitrogens with zero attached hydrogens (tertiary/aromatic N) is 3. The van der Waals surface area contributed by atoms with Gasteiger partial charge in [0.15, 0.2) is 5.58 Å². The molecule has 0 aliphatic heterocycles. The third-order valence-electron chi connectivity index (χ3n) is 6.18. The maximum Gasteiger partial charge on any atom is 0.371 e. The van der Waals surface area contributed by atoms with Crippen molar-refractivity contribution in [1.82, 2.24) is 9.78 Å². The minimum Gasteiger partial charge on any atom is -0.475 e. The van der Waals surface area contributed by atoms with Crippen LogP contribution in [0.3, 0.4) is 0 Å². The van der Waals surface area contributed by atoms with Crippen molar-refractivity contribution in [2.24, 2.45) is 0 Å². The van der Waals surface area contributed by atoms with Crippen LogP contribution in [0.15, 0.2) is 89.6 Å². The molecular weight excluding hydrogens is 466 g/mol. The number of benzene rings is 3. The van der Waals surface area contributed by atoms with Crippen molar-refractivity contribution in [3.8, 4) is 16.8 Å². The van der Waals surface area contributed by atoms with Crippen LogP contribution in [0.1, 0.15) is 47.2 Å². The second-order valence-corrected chi connectivity index (χ2v) is 9.98. The summed E-state index contributed by atoms with van der Waals surface area (Å²) >= 11 is 0. The van der Waals surface area contributed by atoms with Crippen molar-refractivity contribution in [1.29, 1.82) is 0 Å². The van der Waals surface area contributed by atoms with Gasteiger partial charge in [0.25, 0.3) is 5.91 Å². The van der Waals surface area contributed by atoms with E-state index in [0.717, 1.165) is 16.8 Å². The van der Waals surface area contributed by atoms with E-state index >= 15 is 0 Å². The summed E-state index contributed by atoms with van der Waals surface area (Å²) in [5.74, 6) is -1.58. The predicted molar refractivity (Wildman–Crippen MR) is 143 cm³/mol. The number of carboxylic acid groups (broad SMARTS) is 1. The Morgan fingerprint density at radius 3 is 2.32 bits per heavy atom. The largest absolute Gasteiger partial charge is 0.475 e. The average Bonchev–Trinajstić information content (AvgIpc) is 3.52. The fourth-order valence-corrected chi connectivity index (χ4v) is 4.40. The van der Waals surface area contributed by atoms with Crippen LogP contribution in [0.4, 0.5) is 5.69 Å². The molecule has 0 fully saturated rings. The predicted octanol–water partition coefficient (Wildman–Crippen LogP) is 6.74. The molecule has 5 rings (SSSR count). The third kappa shape index (κ3) is 4.51. The number of furan rings is 1. The van der Waals surface area contributed by atoms with Gasteiger partial charge in [-0.2, -0.15) is 5.10 Å². The Hall–Kier alpha value is -4.65. The zero-order valence-corrected chi connectivity index (χ0v) is 21.1. The summed E-state index contributed by atoms with van der Waals surface area (Å²) in [7, 11) is 0. The average molecular weight is 494 g/mol. The number of fused-ring (bicyclic) bond motifs is 1. The molecule has 2 heterocycles. The topological polar surface area (TPSA) is 88.6 Å². The fraction of sp³-hybridized carbons (Fsp3) is 0.167. The molecule has 0 radical (unpaired) electrons. The fourth-order valence-electron chi connectivity index (χ4n) is 4.40. The van der Waals surface area contributed by atoms with E-state index in [1.807, 2.05) is 82.4 Å². The molecule has 0 spiro atoms. The highest BCUT2D eigenvalue weighted by Gasteiger charge is 2.34. The van der Waals surface area contributed by atoms with Crippen molar-refractivity contribution in [3.63, 3.8) is 0 Å². The maximum atomic E-state index is 14.0. The summed E-state index contributed by atoms with van der Waals surface area (Å²) in [4.78, 5) is 27.4. The SMILES string of the molecule is Cc1ccc(-n2cc(-c3ccc4cc(C(=O)O)oc4c3N(C(=O)c3ccccc3)C(C)(C)C)cn2)cc1. The van der Waals surface area contributed by atoms with Gasteiger partial charge in [0.1, 0.15) is 0 Å². The molecule has 0 aliphatic carbocycles. The van der Waals surface area contributed by atoms with Gasteiger partial charge in [0.2, 0.25) is 5.76 Å². The van der Waals surface area contributed by atoms with Crippen molar-refractivity contribution in [2.75, 3.05) is 4.90 Å². The third-order valence-corrected chi connectivity index (χ3v) is 6.18. The molecule has 5 aromatic rings. The molecule has 0 bridgehead atoms. The highest BCUT2D eigenvalue weighted by Crippen LogP contribution is 2.42. The Balaban J connectivity index is 1.75. The lowest BCUT2D eigenvalue weighted by atomic mass is 9.97. The molecule has 7 nitrogen and oxygen atoms in total. The Morgan fingerprint density at radius 1 is 0.973 bits per heavy atom. The number of carboxylic acids is 1. The molecule has 0 saturated heterocycles. The van der Waals surface area contributed by atoms with E-state index in [9.17, 15) is 14.7 Å². The number of carbonyl (C=O) groups excluding carboxylic acids is 1. The van der Waals surface area contributed by atoms with Gasteiger partial charge in [0, 0.05) is 33.8 Å². The van der Waals surface area contributed by atoms with Gasteiger partial charge in [-0.05, 0) is 58.0 Å². The van der Waals surface area contributed by atoms with E-state index in [4.69, 9.17) is 4.42 Å². The highest BCUT2D eigenvalue weighted by molar-refractivity contribution is 6.14. The first-order chi connectivity index (χ1) is 17.6. The van der Waals surface area contributed by atoms with E-state index in [1.165, 1.54) is 6.07 Å². The number of aromatic carboxylic acids is 1. The Morgan fingerprint density at radius 2 is 1.68 bits per heavy atom. The highest BCUT2D eigenvalue weighted by atomic mass is 16.4. The van der Waals surface area contributed by atoms with Crippen LogP contribution in [-0.2, 0) is 0 Å². The van der Waals surface area contributed by atoms with Crippen LogP contribution >= 0.6 is 0 Å². The lowest BCUT2D eigenvalue weighted by Crippen LogP contribution is -2.46. The zero-order chi connectivity index (χ0) is 26.3. The molecule has 1 amide bonds. The standard InChI is InChI=1S/C30H27N3O4/c1-19-10-13-23(14-11-19)32-18-22(17-31-32)24-15-12-21-16-25(29(35)36)37-27(21)26(24)33(30(2,3)4)28(34)20-8-6-5-7-9-20/h5-18H,1-4H3,(H,35,36). The van der Waals surface area contributed by atoms with Crippen LogP contribution in [-0.4, -0.2) is 32.3 Å². The van der Waals surface area contributed by atoms with Crippen LogP contribution in [0.2, 0.25) is 0 Å². The van der Waals surface area contributed by atoms with Gasteiger partial charge in [-0.15, -0.1) is 0 Å². The number of aryl methyl sites for hydroxylation is 1. The minimum atomic E-state index is -1.17. The van der Waals surface area contributed by atoms with E-state index in [1.54, 1.807) is 34.0 Å². The molecule has 0 saturated carbocycles. The minimum absolute atomic E-state index is 0.190. The Labute approximate surface area is 214 Å². The molecule has 0 unspecified atom stereocenters.